The normalized spacial score (nSPS) is 22.2. The van der Waals surface area contributed by atoms with E-state index in [9.17, 15) is 4.79 Å². The number of amides is 1. The molecule has 1 aliphatic carbocycles. The van der Waals surface area contributed by atoms with E-state index in [2.05, 4.69) is 10.3 Å². The monoisotopic (exact) mass is 329 g/mol. The molecule has 6 heteroatoms. The van der Waals surface area contributed by atoms with Gasteiger partial charge in [-0.05, 0) is 32.6 Å². The van der Waals surface area contributed by atoms with Gasteiger partial charge in [0.25, 0.3) is 5.91 Å². The van der Waals surface area contributed by atoms with Crippen LogP contribution in [-0.4, -0.2) is 27.7 Å². The minimum Gasteiger partial charge on any atom is -0.361 e. The van der Waals surface area contributed by atoms with E-state index in [1.54, 1.807) is 0 Å². The van der Waals surface area contributed by atoms with Crippen LogP contribution in [0, 0.1) is 6.92 Å². The first-order chi connectivity index (χ1) is 11.7. The minimum atomic E-state index is -0.0901. The summed E-state index contributed by atoms with van der Waals surface area (Å²) in [5, 5.41) is 8.27. The predicted molar refractivity (Wildman–Crippen MR) is 86.6 cm³/mol. The number of aromatic nitrogens is 2. The second-order valence-electron chi connectivity index (χ2n) is 6.97. The maximum absolute atomic E-state index is 12.9. The Morgan fingerprint density at radius 3 is 2.58 bits per heavy atom. The van der Waals surface area contributed by atoms with E-state index in [0.717, 1.165) is 49.4 Å². The van der Waals surface area contributed by atoms with Crippen molar-refractivity contribution in [3.8, 4) is 0 Å². The number of hydrogen-bond acceptors (Lipinski definition) is 5. The summed E-state index contributed by atoms with van der Waals surface area (Å²) < 4.78 is 10.6. The second kappa shape index (κ2) is 6.42. The van der Waals surface area contributed by atoms with Gasteiger partial charge in [0.2, 0.25) is 5.76 Å². The highest BCUT2D eigenvalue weighted by atomic mass is 16.5. The van der Waals surface area contributed by atoms with Crippen molar-refractivity contribution in [2.45, 2.75) is 63.8 Å². The first kappa shape index (κ1) is 15.4. The molecule has 1 atom stereocenters. The molecule has 0 N–H and O–H groups in total. The largest absolute Gasteiger partial charge is 0.361 e. The number of nitrogens with zero attached hydrogens (tertiary/aromatic N) is 3. The van der Waals surface area contributed by atoms with Gasteiger partial charge in [-0.3, -0.25) is 4.79 Å². The average molecular weight is 329 g/mol. The molecule has 0 spiro atoms. The summed E-state index contributed by atoms with van der Waals surface area (Å²) in [5.74, 6) is 1.47. The van der Waals surface area contributed by atoms with Crippen LogP contribution in [0.4, 0.5) is 0 Å². The molecule has 0 aromatic carbocycles. The molecule has 0 unspecified atom stereocenters. The number of hydrogen-bond donors (Lipinski definition) is 0. The number of carbonyl (C=O) groups is 1. The van der Waals surface area contributed by atoms with E-state index in [0.29, 0.717) is 11.7 Å². The van der Waals surface area contributed by atoms with Gasteiger partial charge in [0, 0.05) is 24.6 Å². The van der Waals surface area contributed by atoms with Crippen molar-refractivity contribution in [3.63, 3.8) is 0 Å². The molecule has 6 nitrogen and oxygen atoms in total. The Labute approximate surface area is 141 Å². The Balaban J connectivity index is 1.51. The smallest absolute Gasteiger partial charge is 0.293 e. The van der Waals surface area contributed by atoms with Crippen molar-refractivity contribution in [1.82, 2.24) is 15.2 Å². The molecule has 1 saturated carbocycles. The highest BCUT2D eigenvalue weighted by Crippen LogP contribution is 2.35. The molecule has 1 saturated heterocycles. The van der Waals surface area contributed by atoms with E-state index in [1.807, 2.05) is 24.0 Å². The summed E-state index contributed by atoms with van der Waals surface area (Å²) in [7, 11) is 0. The molecular formula is C18H23N3O3. The molecule has 2 aliphatic rings. The van der Waals surface area contributed by atoms with Crippen LogP contribution in [0.15, 0.2) is 21.2 Å². The van der Waals surface area contributed by atoms with Gasteiger partial charge in [0.15, 0.2) is 0 Å². The summed E-state index contributed by atoms with van der Waals surface area (Å²) >= 11 is 0. The highest BCUT2D eigenvalue weighted by molar-refractivity contribution is 5.92. The van der Waals surface area contributed by atoms with Gasteiger partial charge in [0.1, 0.15) is 11.5 Å². The van der Waals surface area contributed by atoms with Crippen LogP contribution in [0.2, 0.25) is 0 Å². The van der Waals surface area contributed by atoms with E-state index < -0.39 is 0 Å². The third-order valence-electron chi connectivity index (χ3n) is 5.26. The van der Waals surface area contributed by atoms with Crippen molar-refractivity contribution in [2.75, 3.05) is 6.54 Å². The van der Waals surface area contributed by atoms with Crippen LogP contribution < -0.4 is 0 Å². The molecule has 2 fully saturated rings. The molecule has 1 aliphatic heterocycles. The summed E-state index contributed by atoms with van der Waals surface area (Å²) in [6.07, 6.45) is 7.93. The van der Waals surface area contributed by atoms with Gasteiger partial charge in [0.05, 0.1) is 11.7 Å². The number of carbonyl (C=O) groups excluding carboxylic acids is 1. The third-order valence-corrected chi connectivity index (χ3v) is 5.26. The standard InChI is InChI=1S/C18H23N3O3/c1-12-10-15(20-23-12)16-8-5-9-21(16)18(22)17-11-14(19-24-17)13-6-3-2-4-7-13/h10-11,13,16H,2-9H2,1H3/t16-/m1/s1. The van der Waals surface area contributed by atoms with Crippen LogP contribution in [0.3, 0.4) is 0 Å². The fourth-order valence-electron chi connectivity index (χ4n) is 3.98. The molecule has 3 heterocycles. The van der Waals surface area contributed by atoms with Gasteiger partial charge in [-0.1, -0.05) is 29.6 Å². The van der Waals surface area contributed by atoms with Crippen molar-refractivity contribution < 1.29 is 13.8 Å². The van der Waals surface area contributed by atoms with Crippen molar-refractivity contribution in [1.29, 1.82) is 0 Å². The van der Waals surface area contributed by atoms with Gasteiger partial charge < -0.3 is 13.9 Å². The number of likely N-dealkylation sites (tertiary alicyclic amines) is 1. The molecule has 0 bridgehead atoms. The van der Waals surface area contributed by atoms with Crippen molar-refractivity contribution in [2.24, 2.45) is 0 Å². The van der Waals surface area contributed by atoms with E-state index in [1.165, 1.54) is 19.3 Å². The lowest BCUT2D eigenvalue weighted by molar-refractivity contribution is 0.0688. The maximum atomic E-state index is 12.9. The average Bonchev–Trinajstić information content (AvgIpc) is 3.35. The molecule has 24 heavy (non-hydrogen) atoms. The summed E-state index contributed by atoms with van der Waals surface area (Å²) in [6.45, 7) is 2.58. The molecule has 1 amide bonds. The summed E-state index contributed by atoms with van der Waals surface area (Å²) in [5.41, 5.74) is 1.76. The zero-order valence-corrected chi connectivity index (χ0v) is 14.0. The van der Waals surface area contributed by atoms with Crippen LogP contribution in [0.5, 0.6) is 0 Å². The minimum absolute atomic E-state index is 0.0295. The Kier molecular flexibility index (Phi) is 4.12. The third kappa shape index (κ3) is 2.85. The lowest BCUT2D eigenvalue weighted by atomic mass is 9.87. The summed E-state index contributed by atoms with van der Waals surface area (Å²) in [4.78, 5) is 14.7. The molecule has 2 aromatic heterocycles. The Hall–Kier alpha value is -2.11. The van der Waals surface area contributed by atoms with E-state index in [-0.39, 0.29) is 11.9 Å². The maximum Gasteiger partial charge on any atom is 0.293 e. The van der Waals surface area contributed by atoms with E-state index in [4.69, 9.17) is 9.05 Å². The molecule has 4 rings (SSSR count). The van der Waals surface area contributed by atoms with Crippen LogP contribution >= 0.6 is 0 Å². The second-order valence-corrected chi connectivity index (χ2v) is 6.97. The Morgan fingerprint density at radius 2 is 1.83 bits per heavy atom. The van der Waals surface area contributed by atoms with Crippen LogP contribution in [0.25, 0.3) is 0 Å². The molecule has 2 aromatic rings. The van der Waals surface area contributed by atoms with Gasteiger partial charge in [-0.15, -0.1) is 0 Å². The molecular weight excluding hydrogens is 306 g/mol. The Morgan fingerprint density at radius 1 is 1.04 bits per heavy atom. The predicted octanol–water partition coefficient (Wildman–Crippen LogP) is 4.00. The van der Waals surface area contributed by atoms with Crippen LogP contribution in [0.1, 0.15) is 84.6 Å². The molecule has 0 radical (unpaired) electrons. The number of rotatable bonds is 3. The first-order valence-electron chi connectivity index (χ1n) is 8.93. The topological polar surface area (TPSA) is 72.4 Å². The summed E-state index contributed by atoms with van der Waals surface area (Å²) in [6, 6.07) is 3.73. The quantitative estimate of drug-likeness (QED) is 0.851. The highest BCUT2D eigenvalue weighted by Gasteiger charge is 2.34. The van der Waals surface area contributed by atoms with E-state index >= 15 is 0 Å². The van der Waals surface area contributed by atoms with Crippen LogP contribution in [-0.2, 0) is 0 Å². The fourth-order valence-corrected chi connectivity index (χ4v) is 3.98. The lowest BCUT2D eigenvalue weighted by Gasteiger charge is -2.21. The van der Waals surface area contributed by atoms with Gasteiger partial charge >= 0.3 is 0 Å². The zero-order chi connectivity index (χ0) is 16.5. The van der Waals surface area contributed by atoms with Gasteiger partial charge in [-0.25, -0.2) is 0 Å². The van der Waals surface area contributed by atoms with Crippen molar-refractivity contribution >= 4 is 5.91 Å². The zero-order valence-electron chi connectivity index (χ0n) is 14.0. The van der Waals surface area contributed by atoms with Crippen molar-refractivity contribution in [3.05, 3.63) is 35.0 Å². The molecule has 128 valence electrons. The number of aryl methyl sites for hydroxylation is 1. The first-order valence-corrected chi connectivity index (χ1v) is 8.93. The van der Waals surface area contributed by atoms with Gasteiger partial charge in [-0.2, -0.15) is 0 Å². The lowest BCUT2D eigenvalue weighted by Crippen LogP contribution is -2.30. The fraction of sp³-hybridized carbons (Fsp3) is 0.611. The Bertz CT molecular complexity index is 715. The SMILES string of the molecule is Cc1cc([C@H]2CCCN2C(=O)c2cc(C3CCCCC3)no2)no1.